The van der Waals surface area contributed by atoms with E-state index in [-0.39, 0.29) is 0 Å². The zero-order valence-corrected chi connectivity index (χ0v) is 7.50. The fourth-order valence-corrected chi connectivity index (χ4v) is 1.87. The van der Waals surface area contributed by atoms with Crippen LogP contribution in [0.15, 0.2) is 23.8 Å². The van der Waals surface area contributed by atoms with Crippen molar-refractivity contribution in [2.45, 2.75) is 19.3 Å². The molecular weight excluding hydrogens is 146 g/mol. The summed E-state index contributed by atoms with van der Waals surface area (Å²) in [5, 5.41) is 0. The molecule has 0 aromatic carbocycles. The molecule has 1 aliphatic carbocycles. The highest BCUT2D eigenvalue weighted by molar-refractivity contribution is 5.27. The van der Waals surface area contributed by atoms with Gasteiger partial charge in [-0.1, -0.05) is 18.2 Å². The summed E-state index contributed by atoms with van der Waals surface area (Å²) in [6.45, 7) is 3.77. The predicted octanol–water partition coefficient (Wildman–Crippen LogP) is 2.17. The molecule has 0 saturated carbocycles. The third kappa shape index (κ3) is 1.98. The van der Waals surface area contributed by atoms with Crippen molar-refractivity contribution in [3.63, 3.8) is 0 Å². The molecule has 1 nitrogen and oxygen atoms in total. The van der Waals surface area contributed by atoms with Crippen LogP contribution >= 0.6 is 0 Å². The van der Waals surface area contributed by atoms with Gasteiger partial charge in [-0.15, -0.1) is 0 Å². The topological polar surface area (TPSA) is 3.24 Å². The molecule has 1 radical (unpaired) electrons. The molecule has 0 atom stereocenters. The lowest BCUT2D eigenvalue weighted by molar-refractivity contribution is 0.371. The van der Waals surface area contributed by atoms with Crippen molar-refractivity contribution >= 4 is 0 Å². The Kier molecular flexibility index (Phi) is 2.62. The first kappa shape index (κ1) is 8.06. The minimum Gasteiger partial charge on any atom is -0.299 e. The lowest BCUT2D eigenvalue weighted by atomic mass is 10.1. The minimum absolute atomic E-state index is 1.12. The van der Waals surface area contributed by atoms with Gasteiger partial charge in [0.05, 0.1) is 0 Å². The van der Waals surface area contributed by atoms with Crippen molar-refractivity contribution < 1.29 is 0 Å². The van der Waals surface area contributed by atoms with Crippen molar-refractivity contribution in [3.05, 3.63) is 30.2 Å². The van der Waals surface area contributed by atoms with Gasteiger partial charge in [0.25, 0.3) is 0 Å². The summed E-state index contributed by atoms with van der Waals surface area (Å²) in [6.07, 6.45) is 12.9. The predicted molar refractivity (Wildman–Crippen MR) is 51.8 cm³/mol. The second-order valence-electron chi connectivity index (χ2n) is 3.59. The van der Waals surface area contributed by atoms with E-state index >= 15 is 0 Å². The molecule has 1 fully saturated rings. The van der Waals surface area contributed by atoms with Crippen molar-refractivity contribution in [2.24, 2.45) is 0 Å². The molecule has 12 heavy (non-hydrogen) atoms. The van der Waals surface area contributed by atoms with E-state index in [1.807, 2.05) is 0 Å². The average Bonchev–Trinajstić information content (AvgIpc) is 2.59. The van der Waals surface area contributed by atoms with Gasteiger partial charge in [-0.2, -0.15) is 0 Å². The van der Waals surface area contributed by atoms with Crippen LogP contribution in [0, 0.1) is 6.42 Å². The zero-order chi connectivity index (χ0) is 8.23. The van der Waals surface area contributed by atoms with Crippen molar-refractivity contribution in [2.75, 3.05) is 19.6 Å². The molecule has 0 amide bonds. The van der Waals surface area contributed by atoms with Gasteiger partial charge in [0.2, 0.25) is 0 Å². The first-order valence-electron chi connectivity index (χ1n) is 4.86. The third-order valence-corrected chi connectivity index (χ3v) is 2.57. The van der Waals surface area contributed by atoms with Gasteiger partial charge >= 0.3 is 0 Å². The van der Waals surface area contributed by atoms with Crippen LogP contribution < -0.4 is 0 Å². The fraction of sp³-hybridized carbons (Fsp3) is 0.545. The number of nitrogens with zero attached hydrogens (tertiary/aromatic N) is 1. The fourth-order valence-electron chi connectivity index (χ4n) is 1.87. The summed E-state index contributed by atoms with van der Waals surface area (Å²) >= 11 is 0. The molecule has 1 aliphatic heterocycles. The zero-order valence-electron chi connectivity index (χ0n) is 7.50. The van der Waals surface area contributed by atoms with Gasteiger partial charge in [-0.05, 0) is 44.3 Å². The van der Waals surface area contributed by atoms with E-state index in [1.54, 1.807) is 0 Å². The van der Waals surface area contributed by atoms with E-state index in [0.717, 1.165) is 6.42 Å². The number of hydrogen-bond acceptors (Lipinski definition) is 1. The van der Waals surface area contributed by atoms with Crippen LogP contribution in [0.5, 0.6) is 0 Å². The molecule has 0 aromatic rings. The van der Waals surface area contributed by atoms with Gasteiger partial charge in [0.15, 0.2) is 0 Å². The van der Waals surface area contributed by atoms with Gasteiger partial charge in [0, 0.05) is 6.54 Å². The molecule has 1 heteroatoms. The van der Waals surface area contributed by atoms with Crippen LogP contribution in [0.4, 0.5) is 0 Å². The standard InChI is InChI=1S/C11H16N/c1-2-6-11(7-3-1)10-12-8-4-5-9-12/h1-2,6-7H,3-5,8-10H2. The monoisotopic (exact) mass is 162 g/mol. The highest BCUT2D eigenvalue weighted by Crippen LogP contribution is 2.14. The van der Waals surface area contributed by atoms with Gasteiger partial charge in [-0.3, -0.25) is 4.90 Å². The molecule has 1 saturated heterocycles. The van der Waals surface area contributed by atoms with Crippen LogP contribution in [-0.4, -0.2) is 24.5 Å². The Bertz CT molecular complexity index is 197. The molecule has 2 rings (SSSR count). The summed E-state index contributed by atoms with van der Waals surface area (Å²) in [5.41, 5.74) is 1.50. The Morgan fingerprint density at radius 1 is 1.25 bits per heavy atom. The second-order valence-corrected chi connectivity index (χ2v) is 3.59. The van der Waals surface area contributed by atoms with E-state index < -0.39 is 0 Å². The summed E-state index contributed by atoms with van der Waals surface area (Å²) < 4.78 is 0. The Morgan fingerprint density at radius 2 is 2.08 bits per heavy atom. The average molecular weight is 162 g/mol. The molecule has 0 N–H and O–H groups in total. The first-order valence-corrected chi connectivity index (χ1v) is 4.86. The highest BCUT2D eigenvalue weighted by atomic mass is 15.1. The van der Waals surface area contributed by atoms with E-state index in [0.29, 0.717) is 0 Å². The van der Waals surface area contributed by atoms with Gasteiger partial charge < -0.3 is 0 Å². The maximum atomic E-state index is 2.54. The minimum atomic E-state index is 1.12. The summed E-state index contributed by atoms with van der Waals surface area (Å²) in [6, 6.07) is 0. The number of allylic oxidation sites excluding steroid dienone is 2. The Labute approximate surface area is 74.8 Å². The van der Waals surface area contributed by atoms with Crippen molar-refractivity contribution in [3.8, 4) is 0 Å². The lowest BCUT2D eigenvalue weighted by Gasteiger charge is -2.16. The molecule has 0 bridgehead atoms. The Hall–Kier alpha value is -0.560. The van der Waals surface area contributed by atoms with E-state index in [2.05, 4.69) is 29.5 Å². The summed E-state index contributed by atoms with van der Waals surface area (Å²) in [5.74, 6) is 0. The number of likely N-dealkylation sites (tertiary alicyclic amines) is 1. The number of hydrogen-bond donors (Lipinski definition) is 0. The number of rotatable bonds is 2. The highest BCUT2D eigenvalue weighted by Gasteiger charge is 2.12. The molecule has 0 unspecified atom stereocenters. The Balaban J connectivity index is 1.85. The summed E-state index contributed by atoms with van der Waals surface area (Å²) in [7, 11) is 0. The van der Waals surface area contributed by atoms with Crippen LogP contribution in [0.3, 0.4) is 0 Å². The smallest absolute Gasteiger partial charge is 0.0230 e. The molecule has 0 aromatic heterocycles. The third-order valence-electron chi connectivity index (χ3n) is 2.57. The molecule has 65 valence electrons. The van der Waals surface area contributed by atoms with Crippen LogP contribution in [-0.2, 0) is 0 Å². The molecule has 0 spiro atoms. The second kappa shape index (κ2) is 3.90. The Morgan fingerprint density at radius 3 is 2.75 bits per heavy atom. The quantitative estimate of drug-likeness (QED) is 0.601. The molecular formula is C11H16N. The maximum absolute atomic E-state index is 2.54. The van der Waals surface area contributed by atoms with E-state index in [1.165, 1.54) is 38.0 Å². The van der Waals surface area contributed by atoms with E-state index in [9.17, 15) is 0 Å². The first-order chi connectivity index (χ1) is 5.95. The van der Waals surface area contributed by atoms with Crippen molar-refractivity contribution in [1.82, 2.24) is 4.90 Å². The maximum Gasteiger partial charge on any atom is 0.0230 e. The molecule has 2 aliphatic rings. The largest absolute Gasteiger partial charge is 0.299 e. The lowest BCUT2D eigenvalue weighted by Crippen LogP contribution is -2.21. The van der Waals surface area contributed by atoms with Crippen LogP contribution in [0.2, 0.25) is 0 Å². The van der Waals surface area contributed by atoms with Crippen LogP contribution in [0.1, 0.15) is 19.3 Å². The normalized spacial score (nSPS) is 24.5. The van der Waals surface area contributed by atoms with Crippen molar-refractivity contribution in [1.29, 1.82) is 0 Å². The van der Waals surface area contributed by atoms with Crippen LogP contribution in [0.25, 0.3) is 0 Å². The van der Waals surface area contributed by atoms with Gasteiger partial charge in [0.1, 0.15) is 0 Å². The summed E-state index contributed by atoms with van der Waals surface area (Å²) in [4.78, 5) is 2.54. The molecule has 1 heterocycles. The SMILES string of the molecule is [CH]1C=CC(CN2CCCC2)=CC1. The van der Waals surface area contributed by atoms with E-state index in [4.69, 9.17) is 0 Å². The van der Waals surface area contributed by atoms with Gasteiger partial charge in [-0.25, -0.2) is 0 Å².